The standard InChI is InChI=1S/C24H42O4/c1-14(5-4-10-25)22-20(28)13-18-21-17(7-9-24(18,22)3)23(2)8-6-16(26)11-15(23)12-19(21)27/h14-22,25-28H,4-13H2,1-3H3/t14?,15-,16+,17-,18-,19+,20+,21+,22?,23-,24-/m0/s1. The van der Waals surface area contributed by atoms with Crippen molar-refractivity contribution in [2.24, 2.45) is 46.3 Å². The molecule has 0 aromatic heterocycles. The van der Waals surface area contributed by atoms with Crippen LogP contribution in [-0.4, -0.2) is 45.3 Å². The van der Waals surface area contributed by atoms with Gasteiger partial charge >= 0.3 is 0 Å². The molecular formula is C24H42O4. The molecule has 0 saturated heterocycles. The molecule has 4 fully saturated rings. The Balaban J connectivity index is 1.61. The molecule has 4 rings (SSSR count). The lowest BCUT2D eigenvalue weighted by Crippen LogP contribution is -2.58. The number of aliphatic hydroxyl groups is 4. The first-order valence-corrected chi connectivity index (χ1v) is 11.9. The first kappa shape index (κ1) is 21.1. The van der Waals surface area contributed by atoms with E-state index in [9.17, 15) is 20.4 Å². The maximum Gasteiger partial charge on any atom is 0.0579 e. The Labute approximate surface area is 170 Å². The lowest BCUT2D eigenvalue weighted by molar-refractivity contribution is -0.174. The smallest absolute Gasteiger partial charge is 0.0579 e. The zero-order valence-corrected chi connectivity index (χ0v) is 18.1. The van der Waals surface area contributed by atoms with Gasteiger partial charge in [0, 0.05) is 6.61 Å². The molecule has 0 aliphatic heterocycles. The minimum Gasteiger partial charge on any atom is -0.396 e. The third-order valence-corrected chi connectivity index (χ3v) is 10.2. The molecule has 0 amide bonds. The molecule has 4 saturated carbocycles. The predicted molar refractivity (Wildman–Crippen MR) is 109 cm³/mol. The Hall–Kier alpha value is -0.160. The molecule has 0 spiro atoms. The summed E-state index contributed by atoms with van der Waals surface area (Å²) in [5.74, 6) is 2.31. The van der Waals surface area contributed by atoms with Crippen molar-refractivity contribution < 1.29 is 20.4 Å². The summed E-state index contributed by atoms with van der Waals surface area (Å²) >= 11 is 0. The summed E-state index contributed by atoms with van der Waals surface area (Å²) in [7, 11) is 0. The molecule has 0 aromatic rings. The van der Waals surface area contributed by atoms with Crippen LogP contribution >= 0.6 is 0 Å². The van der Waals surface area contributed by atoms with Crippen molar-refractivity contribution >= 4 is 0 Å². The molecule has 2 unspecified atom stereocenters. The van der Waals surface area contributed by atoms with Gasteiger partial charge in [-0.25, -0.2) is 0 Å². The molecule has 0 radical (unpaired) electrons. The molecule has 0 heterocycles. The Morgan fingerprint density at radius 2 is 1.61 bits per heavy atom. The average Bonchev–Trinajstić information content (AvgIpc) is 2.91. The monoisotopic (exact) mass is 394 g/mol. The largest absolute Gasteiger partial charge is 0.396 e. The summed E-state index contributed by atoms with van der Waals surface area (Å²) in [5, 5.41) is 41.8. The summed E-state index contributed by atoms with van der Waals surface area (Å²) in [6, 6.07) is 0. The zero-order valence-electron chi connectivity index (χ0n) is 18.1. The van der Waals surface area contributed by atoms with Crippen molar-refractivity contribution in [3.8, 4) is 0 Å². The summed E-state index contributed by atoms with van der Waals surface area (Å²) in [6.45, 7) is 7.29. The normalized spacial score (nSPS) is 54.5. The Bertz CT molecular complexity index is 567. The summed E-state index contributed by atoms with van der Waals surface area (Å²) in [4.78, 5) is 0. The van der Waals surface area contributed by atoms with E-state index in [2.05, 4.69) is 20.8 Å². The maximum absolute atomic E-state index is 11.3. The van der Waals surface area contributed by atoms with Crippen LogP contribution in [0.15, 0.2) is 0 Å². The van der Waals surface area contributed by atoms with Gasteiger partial charge in [0.05, 0.1) is 18.3 Å². The van der Waals surface area contributed by atoms with Crippen LogP contribution in [0.25, 0.3) is 0 Å². The molecule has 162 valence electrons. The first-order chi connectivity index (χ1) is 13.2. The predicted octanol–water partition coefficient (Wildman–Crippen LogP) is 3.36. The van der Waals surface area contributed by atoms with Crippen LogP contribution in [0.1, 0.15) is 78.6 Å². The van der Waals surface area contributed by atoms with E-state index in [1.807, 2.05) is 0 Å². The van der Waals surface area contributed by atoms with E-state index in [4.69, 9.17) is 0 Å². The van der Waals surface area contributed by atoms with E-state index in [0.29, 0.717) is 29.6 Å². The van der Waals surface area contributed by atoms with Crippen LogP contribution in [0.4, 0.5) is 0 Å². The number of rotatable bonds is 4. The number of hydrogen-bond acceptors (Lipinski definition) is 4. The molecule has 4 heteroatoms. The minimum absolute atomic E-state index is 0.0911. The van der Waals surface area contributed by atoms with Gasteiger partial charge in [0.2, 0.25) is 0 Å². The van der Waals surface area contributed by atoms with E-state index >= 15 is 0 Å². The van der Waals surface area contributed by atoms with Gasteiger partial charge < -0.3 is 20.4 Å². The van der Waals surface area contributed by atoms with E-state index in [0.717, 1.165) is 57.8 Å². The van der Waals surface area contributed by atoms with Gasteiger partial charge in [-0.15, -0.1) is 0 Å². The van der Waals surface area contributed by atoms with E-state index in [1.165, 1.54) is 0 Å². The molecule has 0 aromatic carbocycles. The molecule has 4 nitrogen and oxygen atoms in total. The van der Waals surface area contributed by atoms with Crippen LogP contribution in [0.2, 0.25) is 0 Å². The Morgan fingerprint density at radius 3 is 2.32 bits per heavy atom. The zero-order chi connectivity index (χ0) is 20.3. The highest BCUT2D eigenvalue weighted by Crippen LogP contribution is 2.68. The molecule has 28 heavy (non-hydrogen) atoms. The fraction of sp³-hybridized carbons (Fsp3) is 1.00. The van der Waals surface area contributed by atoms with Gasteiger partial charge in [0.15, 0.2) is 0 Å². The van der Waals surface area contributed by atoms with Crippen LogP contribution in [0, 0.1) is 46.3 Å². The Kier molecular flexibility index (Phi) is 5.66. The molecule has 4 N–H and O–H groups in total. The fourth-order valence-corrected chi connectivity index (χ4v) is 8.88. The van der Waals surface area contributed by atoms with Crippen molar-refractivity contribution in [2.75, 3.05) is 6.61 Å². The average molecular weight is 395 g/mol. The van der Waals surface area contributed by atoms with Gasteiger partial charge in [0.1, 0.15) is 0 Å². The Morgan fingerprint density at radius 1 is 0.893 bits per heavy atom. The van der Waals surface area contributed by atoms with Crippen LogP contribution in [-0.2, 0) is 0 Å². The number of aliphatic hydroxyl groups excluding tert-OH is 4. The van der Waals surface area contributed by atoms with E-state index < -0.39 is 0 Å². The summed E-state index contributed by atoms with van der Waals surface area (Å²) in [5.41, 5.74) is 0.323. The van der Waals surface area contributed by atoms with E-state index in [-0.39, 0.29) is 41.7 Å². The molecule has 0 bridgehead atoms. The first-order valence-electron chi connectivity index (χ1n) is 11.9. The second-order valence-electron chi connectivity index (χ2n) is 11.4. The summed E-state index contributed by atoms with van der Waals surface area (Å²) < 4.78 is 0. The van der Waals surface area contributed by atoms with Gasteiger partial charge in [-0.1, -0.05) is 20.8 Å². The van der Waals surface area contributed by atoms with Crippen LogP contribution < -0.4 is 0 Å². The van der Waals surface area contributed by atoms with Crippen molar-refractivity contribution in [3.63, 3.8) is 0 Å². The van der Waals surface area contributed by atoms with Crippen LogP contribution in [0.3, 0.4) is 0 Å². The lowest BCUT2D eigenvalue weighted by atomic mass is 9.43. The van der Waals surface area contributed by atoms with Crippen LogP contribution in [0.5, 0.6) is 0 Å². The molecular weight excluding hydrogens is 352 g/mol. The van der Waals surface area contributed by atoms with E-state index in [1.54, 1.807) is 0 Å². The van der Waals surface area contributed by atoms with Crippen molar-refractivity contribution in [3.05, 3.63) is 0 Å². The molecule has 11 atom stereocenters. The summed E-state index contributed by atoms with van der Waals surface area (Å²) in [6.07, 6.45) is 7.76. The topological polar surface area (TPSA) is 80.9 Å². The maximum atomic E-state index is 11.3. The van der Waals surface area contributed by atoms with Gasteiger partial charge in [0.25, 0.3) is 0 Å². The van der Waals surface area contributed by atoms with Crippen molar-refractivity contribution in [2.45, 2.75) is 96.9 Å². The van der Waals surface area contributed by atoms with Gasteiger partial charge in [-0.2, -0.15) is 0 Å². The highest BCUT2D eigenvalue weighted by Gasteiger charge is 2.64. The highest BCUT2D eigenvalue weighted by atomic mass is 16.3. The third-order valence-electron chi connectivity index (χ3n) is 10.2. The van der Waals surface area contributed by atoms with Crippen molar-refractivity contribution in [1.29, 1.82) is 0 Å². The lowest BCUT2D eigenvalue weighted by Gasteiger charge is -2.62. The molecule has 4 aliphatic carbocycles. The second kappa shape index (κ2) is 7.51. The quantitative estimate of drug-likeness (QED) is 0.589. The van der Waals surface area contributed by atoms with Gasteiger partial charge in [-0.05, 0) is 104 Å². The number of fused-ring (bicyclic) bond motifs is 5. The fourth-order valence-electron chi connectivity index (χ4n) is 8.88. The second-order valence-corrected chi connectivity index (χ2v) is 11.4. The van der Waals surface area contributed by atoms with Crippen molar-refractivity contribution in [1.82, 2.24) is 0 Å². The minimum atomic E-state index is -0.295. The molecule has 4 aliphatic rings. The third kappa shape index (κ3) is 3.09. The highest BCUT2D eigenvalue weighted by molar-refractivity contribution is 5.13. The number of hydrogen-bond donors (Lipinski definition) is 4. The SMILES string of the molecule is CC(CCCO)C1[C@H](O)C[C@H]2[C@@H]3[C@H](O)C[C@@H]4C[C@H](O)CC[C@]4(C)[C@H]3CC[C@]12C. The van der Waals surface area contributed by atoms with Gasteiger partial charge in [-0.3, -0.25) is 0 Å².